The number of hydrogen-bond donors (Lipinski definition) is 1. The number of anilines is 1. The molecule has 1 heterocycles. The summed E-state index contributed by atoms with van der Waals surface area (Å²) in [6.07, 6.45) is 2.07. The summed E-state index contributed by atoms with van der Waals surface area (Å²) in [4.78, 5) is 17.8. The van der Waals surface area contributed by atoms with E-state index in [2.05, 4.69) is 17.2 Å². The van der Waals surface area contributed by atoms with Crippen LogP contribution in [0.1, 0.15) is 34.4 Å². The van der Waals surface area contributed by atoms with E-state index >= 15 is 0 Å². The van der Waals surface area contributed by atoms with Crippen LogP contribution in [0.3, 0.4) is 0 Å². The smallest absolute Gasteiger partial charge is 0.256 e. The minimum Gasteiger partial charge on any atom is -0.379 e. The van der Waals surface area contributed by atoms with Gasteiger partial charge in [-0.3, -0.25) is 4.79 Å². The molecule has 0 bridgehead atoms. The summed E-state index contributed by atoms with van der Waals surface area (Å²) < 4.78 is 13.7. The van der Waals surface area contributed by atoms with Gasteiger partial charge in [0.1, 0.15) is 5.82 Å². The van der Waals surface area contributed by atoms with Gasteiger partial charge in [0.25, 0.3) is 5.91 Å². The molecule has 0 radical (unpaired) electrons. The first-order chi connectivity index (χ1) is 10.5. The van der Waals surface area contributed by atoms with Gasteiger partial charge in [-0.2, -0.15) is 0 Å². The van der Waals surface area contributed by atoms with E-state index in [0.717, 1.165) is 23.5 Å². The topological polar surface area (TPSA) is 45.2 Å². The second kappa shape index (κ2) is 7.35. The van der Waals surface area contributed by atoms with E-state index in [0.29, 0.717) is 12.2 Å². The number of carbonyl (C=O) groups is 1. The number of aromatic nitrogens is 1. The van der Waals surface area contributed by atoms with Crippen LogP contribution in [-0.4, -0.2) is 29.9 Å². The highest BCUT2D eigenvalue weighted by molar-refractivity contribution is 7.09. The summed E-state index contributed by atoms with van der Waals surface area (Å²) in [5.41, 5.74) is 1.73. The van der Waals surface area contributed by atoms with E-state index in [1.807, 2.05) is 5.38 Å². The van der Waals surface area contributed by atoms with Crippen LogP contribution in [0, 0.1) is 5.82 Å². The summed E-state index contributed by atoms with van der Waals surface area (Å²) in [7, 11) is 3.21. The molecule has 0 fully saturated rings. The lowest BCUT2D eigenvalue weighted by molar-refractivity contribution is 0.0823. The fourth-order valence-corrected chi connectivity index (χ4v) is 2.89. The molecule has 0 aliphatic heterocycles. The molecule has 4 nitrogen and oxygen atoms in total. The third-order valence-corrected chi connectivity index (χ3v) is 4.10. The maximum Gasteiger partial charge on any atom is 0.256 e. The zero-order valence-corrected chi connectivity index (χ0v) is 13.8. The van der Waals surface area contributed by atoms with Crippen LogP contribution >= 0.6 is 11.3 Å². The number of nitrogens with one attached hydrogen (secondary N) is 1. The molecule has 0 saturated heterocycles. The van der Waals surface area contributed by atoms with Gasteiger partial charge in [-0.1, -0.05) is 6.92 Å². The quantitative estimate of drug-likeness (QED) is 0.885. The molecule has 6 heteroatoms. The van der Waals surface area contributed by atoms with Gasteiger partial charge >= 0.3 is 0 Å². The van der Waals surface area contributed by atoms with Crippen LogP contribution in [-0.2, 0) is 13.0 Å². The van der Waals surface area contributed by atoms with E-state index in [4.69, 9.17) is 0 Å². The molecule has 22 heavy (non-hydrogen) atoms. The highest BCUT2D eigenvalue weighted by Gasteiger charge is 2.14. The van der Waals surface area contributed by atoms with Gasteiger partial charge in [-0.25, -0.2) is 9.37 Å². The molecule has 2 rings (SSSR count). The molecule has 118 valence electrons. The molecule has 1 aromatic heterocycles. The fraction of sp³-hybridized carbons (Fsp3) is 0.375. The van der Waals surface area contributed by atoms with Crippen molar-refractivity contribution in [1.82, 2.24) is 9.88 Å². The third kappa shape index (κ3) is 4.04. The predicted octanol–water partition coefficient (Wildman–Crippen LogP) is 3.55. The van der Waals surface area contributed by atoms with Crippen molar-refractivity contribution in [2.45, 2.75) is 26.3 Å². The maximum absolute atomic E-state index is 13.7. The summed E-state index contributed by atoms with van der Waals surface area (Å²) in [5, 5.41) is 6.33. The van der Waals surface area contributed by atoms with Crippen LogP contribution in [0.5, 0.6) is 0 Å². The number of aryl methyl sites for hydroxylation is 1. The summed E-state index contributed by atoms with van der Waals surface area (Å²) in [6, 6.07) is 4.47. The van der Waals surface area contributed by atoms with Gasteiger partial charge in [0.05, 0.1) is 22.8 Å². The van der Waals surface area contributed by atoms with Gasteiger partial charge in [-0.05, 0) is 31.0 Å². The maximum atomic E-state index is 13.7. The Morgan fingerprint density at radius 3 is 2.86 bits per heavy atom. The molecular formula is C16H20FN3OS. The van der Waals surface area contributed by atoms with Crippen LogP contribution in [0.25, 0.3) is 0 Å². The third-order valence-electron chi connectivity index (χ3n) is 3.14. The Bertz CT molecular complexity index is 655. The van der Waals surface area contributed by atoms with Crippen LogP contribution in [0.4, 0.5) is 10.1 Å². The zero-order valence-electron chi connectivity index (χ0n) is 13.0. The van der Waals surface area contributed by atoms with Crippen LogP contribution < -0.4 is 5.32 Å². The Hall–Kier alpha value is -1.95. The first-order valence-corrected chi connectivity index (χ1v) is 8.07. The van der Waals surface area contributed by atoms with E-state index < -0.39 is 5.82 Å². The van der Waals surface area contributed by atoms with Gasteiger partial charge in [0, 0.05) is 25.2 Å². The lowest BCUT2D eigenvalue weighted by atomic mass is 10.1. The summed E-state index contributed by atoms with van der Waals surface area (Å²) in [6.45, 7) is 2.68. The fourth-order valence-electron chi connectivity index (χ4n) is 1.99. The molecule has 1 N–H and O–H groups in total. The molecule has 0 unspecified atom stereocenters. The number of hydrogen-bond acceptors (Lipinski definition) is 4. The van der Waals surface area contributed by atoms with Crippen LogP contribution in [0.15, 0.2) is 23.6 Å². The van der Waals surface area contributed by atoms with E-state index in [1.54, 1.807) is 31.5 Å². The van der Waals surface area contributed by atoms with E-state index in [9.17, 15) is 9.18 Å². The second-order valence-electron chi connectivity index (χ2n) is 5.23. The largest absolute Gasteiger partial charge is 0.379 e. The number of benzene rings is 1. The van der Waals surface area contributed by atoms with Crippen LogP contribution in [0.2, 0.25) is 0 Å². The molecule has 1 amide bonds. The normalized spacial score (nSPS) is 10.5. The predicted molar refractivity (Wildman–Crippen MR) is 87.9 cm³/mol. The molecule has 0 atom stereocenters. The number of carbonyl (C=O) groups excluding carboxylic acids is 1. The highest BCUT2D eigenvalue weighted by atomic mass is 32.1. The molecule has 0 aliphatic carbocycles. The van der Waals surface area contributed by atoms with Crippen molar-refractivity contribution in [3.05, 3.63) is 45.7 Å². The first-order valence-electron chi connectivity index (χ1n) is 7.19. The van der Waals surface area contributed by atoms with E-state index in [1.165, 1.54) is 17.0 Å². The highest BCUT2D eigenvalue weighted by Crippen LogP contribution is 2.18. The van der Waals surface area contributed by atoms with Crippen molar-refractivity contribution in [1.29, 1.82) is 0 Å². The number of rotatable bonds is 6. The first kappa shape index (κ1) is 16.4. The monoisotopic (exact) mass is 321 g/mol. The lowest BCUT2D eigenvalue weighted by Gasteiger charge is -2.12. The Morgan fingerprint density at radius 2 is 2.18 bits per heavy atom. The molecular weight excluding hydrogens is 301 g/mol. The standard InChI is InChI=1S/C16H20FN3OS/c1-4-5-15-19-12(10-22-15)9-18-11-6-7-14(17)13(8-11)16(21)20(2)3/h6-8,10,18H,4-5,9H2,1-3H3. The van der Waals surface area contributed by atoms with E-state index in [-0.39, 0.29) is 11.5 Å². The summed E-state index contributed by atoms with van der Waals surface area (Å²) in [5.74, 6) is -0.858. The van der Waals surface area contributed by atoms with Gasteiger partial charge < -0.3 is 10.2 Å². The van der Waals surface area contributed by atoms with Gasteiger partial charge in [0.2, 0.25) is 0 Å². The Morgan fingerprint density at radius 1 is 1.41 bits per heavy atom. The summed E-state index contributed by atoms with van der Waals surface area (Å²) >= 11 is 1.65. The van der Waals surface area contributed by atoms with Crippen molar-refractivity contribution in [2.24, 2.45) is 0 Å². The molecule has 0 spiro atoms. The van der Waals surface area contributed by atoms with Crippen molar-refractivity contribution in [3.8, 4) is 0 Å². The van der Waals surface area contributed by atoms with Gasteiger partial charge in [0.15, 0.2) is 0 Å². The SMILES string of the molecule is CCCc1nc(CNc2ccc(F)c(C(=O)N(C)C)c2)cs1. The molecule has 1 aromatic carbocycles. The molecule has 0 saturated carbocycles. The minimum absolute atomic E-state index is 0.0694. The Balaban J connectivity index is 2.06. The average molecular weight is 321 g/mol. The second-order valence-corrected chi connectivity index (χ2v) is 6.17. The Labute approximate surface area is 134 Å². The number of amides is 1. The van der Waals surface area contributed by atoms with Crippen molar-refractivity contribution in [2.75, 3.05) is 19.4 Å². The molecule has 2 aromatic rings. The number of nitrogens with zero attached hydrogens (tertiary/aromatic N) is 2. The average Bonchev–Trinajstić information content (AvgIpc) is 2.93. The number of thiazole rings is 1. The number of halogens is 1. The van der Waals surface area contributed by atoms with Crippen molar-refractivity contribution < 1.29 is 9.18 Å². The molecule has 0 aliphatic rings. The van der Waals surface area contributed by atoms with Gasteiger partial charge in [-0.15, -0.1) is 11.3 Å². The minimum atomic E-state index is -0.511. The van der Waals surface area contributed by atoms with Crippen molar-refractivity contribution >= 4 is 22.9 Å². The Kier molecular flexibility index (Phi) is 5.49. The lowest BCUT2D eigenvalue weighted by Crippen LogP contribution is -2.23. The zero-order chi connectivity index (χ0) is 16.1. The van der Waals surface area contributed by atoms with Crippen molar-refractivity contribution in [3.63, 3.8) is 0 Å².